The summed E-state index contributed by atoms with van der Waals surface area (Å²) in [6.07, 6.45) is 2.29. The standard InChI is InChI=1S/C24H30N6O3/c1-14-8-17(9-15(2)21(14)31)12-26-23-20(22(25)32)19(28-29-23)11-18-10-16(3)24(27-13-18)30-4-6-33-7-5-30/h8-10,13,31H,4-7,11-12H2,1-3H3,(H2,25,32)(H2,26,28,29). The average Bonchev–Trinajstić information content (AvgIpc) is 3.19. The molecule has 9 heteroatoms. The summed E-state index contributed by atoms with van der Waals surface area (Å²) in [6.45, 7) is 9.26. The van der Waals surface area contributed by atoms with Gasteiger partial charge in [0.25, 0.3) is 5.91 Å². The average molecular weight is 451 g/mol. The first kappa shape index (κ1) is 22.6. The number of aromatic amines is 1. The molecule has 2 aromatic heterocycles. The lowest BCUT2D eigenvalue weighted by molar-refractivity contribution is 0.100. The summed E-state index contributed by atoms with van der Waals surface area (Å²) >= 11 is 0. The molecule has 0 aliphatic carbocycles. The van der Waals surface area contributed by atoms with Crippen molar-refractivity contribution in [2.75, 3.05) is 36.5 Å². The van der Waals surface area contributed by atoms with E-state index in [4.69, 9.17) is 10.5 Å². The number of amides is 1. The predicted molar refractivity (Wildman–Crippen MR) is 127 cm³/mol. The maximum atomic E-state index is 12.2. The fourth-order valence-electron chi connectivity index (χ4n) is 4.27. The second kappa shape index (κ2) is 9.50. The van der Waals surface area contributed by atoms with E-state index in [0.29, 0.717) is 49.0 Å². The SMILES string of the molecule is Cc1cc(Cc2[nH]nc(NCc3cc(C)c(O)c(C)c3)c2C(N)=O)cnc1N1CCOCC1. The number of carbonyl (C=O) groups excluding carboxylic acids is 1. The van der Waals surface area contributed by atoms with Gasteiger partial charge in [-0.15, -0.1) is 0 Å². The maximum absolute atomic E-state index is 12.2. The van der Waals surface area contributed by atoms with E-state index in [2.05, 4.69) is 31.5 Å². The molecule has 33 heavy (non-hydrogen) atoms. The zero-order chi connectivity index (χ0) is 23.5. The topological polar surface area (TPSA) is 129 Å². The Morgan fingerprint density at radius 1 is 1.15 bits per heavy atom. The van der Waals surface area contributed by atoms with Gasteiger partial charge >= 0.3 is 0 Å². The van der Waals surface area contributed by atoms with Crippen LogP contribution in [0.25, 0.3) is 0 Å². The van der Waals surface area contributed by atoms with Crippen molar-refractivity contribution in [1.29, 1.82) is 0 Å². The molecule has 1 fully saturated rings. The second-order valence-electron chi connectivity index (χ2n) is 8.48. The summed E-state index contributed by atoms with van der Waals surface area (Å²) in [7, 11) is 0. The number of hydrogen-bond donors (Lipinski definition) is 4. The Morgan fingerprint density at radius 3 is 2.45 bits per heavy atom. The molecule has 1 amide bonds. The van der Waals surface area contributed by atoms with Crippen molar-refractivity contribution >= 4 is 17.5 Å². The number of primary amides is 1. The van der Waals surface area contributed by atoms with Crippen LogP contribution in [0.15, 0.2) is 24.4 Å². The van der Waals surface area contributed by atoms with Crippen molar-refractivity contribution in [3.8, 4) is 5.75 Å². The molecule has 0 spiro atoms. The molecule has 3 aromatic rings. The van der Waals surface area contributed by atoms with E-state index in [1.165, 1.54) is 0 Å². The monoisotopic (exact) mass is 450 g/mol. The number of pyridine rings is 1. The van der Waals surface area contributed by atoms with Crippen LogP contribution in [0.1, 0.15) is 43.9 Å². The maximum Gasteiger partial charge on any atom is 0.254 e. The predicted octanol–water partition coefficient (Wildman–Crippen LogP) is 2.57. The third-order valence-corrected chi connectivity index (χ3v) is 5.90. The van der Waals surface area contributed by atoms with Crippen molar-refractivity contribution < 1.29 is 14.6 Å². The van der Waals surface area contributed by atoms with Crippen molar-refractivity contribution in [3.05, 3.63) is 63.5 Å². The van der Waals surface area contributed by atoms with Crippen LogP contribution in [-0.4, -0.2) is 52.5 Å². The Morgan fingerprint density at radius 2 is 1.82 bits per heavy atom. The number of morpholine rings is 1. The molecule has 0 unspecified atom stereocenters. The van der Waals surface area contributed by atoms with Gasteiger partial charge in [0.05, 0.1) is 18.9 Å². The van der Waals surface area contributed by atoms with Crippen molar-refractivity contribution in [1.82, 2.24) is 15.2 Å². The lowest BCUT2D eigenvalue weighted by Crippen LogP contribution is -2.37. The third-order valence-electron chi connectivity index (χ3n) is 5.90. The van der Waals surface area contributed by atoms with Gasteiger partial charge in [0.1, 0.15) is 17.1 Å². The van der Waals surface area contributed by atoms with Gasteiger partial charge in [0, 0.05) is 32.3 Å². The highest BCUT2D eigenvalue weighted by atomic mass is 16.5. The highest BCUT2D eigenvalue weighted by Crippen LogP contribution is 2.25. The van der Waals surface area contributed by atoms with Gasteiger partial charge in [-0.25, -0.2) is 4.98 Å². The van der Waals surface area contributed by atoms with Crippen LogP contribution in [0, 0.1) is 20.8 Å². The lowest BCUT2D eigenvalue weighted by atomic mass is 10.0. The molecule has 174 valence electrons. The molecule has 1 aliphatic rings. The molecule has 0 saturated carbocycles. The second-order valence-corrected chi connectivity index (χ2v) is 8.48. The minimum atomic E-state index is -0.547. The highest BCUT2D eigenvalue weighted by Gasteiger charge is 2.20. The normalized spacial score (nSPS) is 13.8. The van der Waals surface area contributed by atoms with Gasteiger partial charge in [-0.05, 0) is 48.6 Å². The van der Waals surface area contributed by atoms with Crippen molar-refractivity contribution in [2.24, 2.45) is 5.73 Å². The van der Waals surface area contributed by atoms with Gasteiger partial charge in [0.2, 0.25) is 0 Å². The van der Waals surface area contributed by atoms with E-state index in [0.717, 1.165) is 46.7 Å². The number of nitrogens with zero attached hydrogens (tertiary/aromatic N) is 3. The summed E-state index contributed by atoms with van der Waals surface area (Å²) in [5, 5.41) is 20.4. The van der Waals surface area contributed by atoms with Crippen LogP contribution in [0.3, 0.4) is 0 Å². The van der Waals surface area contributed by atoms with E-state index in [1.807, 2.05) is 39.1 Å². The minimum Gasteiger partial charge on any atom is -0.507 e. The van der Waals surface area contributed by atoms with Crippen molar-refractivity contribution in [3.63, 3.8) is 0 Å². The van der Waals surface area contributed by atoms with Crippen molar-refractivity contribution in [2.45, 2.75) is 33.7 Å². The number of benzene rings is 1. The number of rotatable bonds is 7. The number of phenolic OH excluding ortho intramolecular Hbond substituents is 1. The summed E-state index contributed by atoms with van der Waals surface area (Å²) < 4.78 is 5.43. The summed E-state index contributed by atoms with van der Waals surface area (Å²) in [5.41, 5.74) is 11.3. The molecule has 1 aliphatic heterocycles. The van der Waals surface area contributed by atoms with Crippen LogP contribution < -0.4 is 16.0 Å². The Labute approximate surface area is 193 Å². The largest absolute Gasteiger partial charge is 0.507 e. The number of hydrogen-bond acceptors (Lipinski definition) is 7. The highest BCUT2D eigenvalue weighted by molar-refractivity contribution is 5.99. The Kier molecular flexibility index (Phi) is 6.50. The molecule has 0 bridgehead atoms. The van der Waals surface area contributed by atoms with E-state index < -0.39 is 5.91 Å². The first-order valence-electron chi connectivity index (χ1n) is 11.0. The molecule has 0 atom stereocenters. The molecule has 1 aromatic carbocycles. The first-order valence-corrected chi connectivity index (χ1v) is 11.0. The number of aromatic hydroxyl groups is 1. The molecule has 5 N–H and O–H groups in total. The van der Waals surface area contributed by atoms with E-state index in [9.17, 15) is 9.90 Å². The molecule has 3 heterocycles. The van der Waals surface area contributed by atoms with Gasteiger partial charge in [-0.3, -0.25) is 9.89 Å². The Hall–Kier alpha value is -3.59. The summed E-state index contributed by atoms with van der Waals surface area (Å²) in [6, 6.07) is 5.88. The fourth-order valence-corrected chi connectivity index (χ4v) is 4.27. The number of H-pyrrole nitrogens is 1. The number of ether oxygens (including phenoxy) is 1. The zero-order valence-electron chi connectivity index (χ0n) is 19.2. The third kappa shape index (κ3) is 4.93. The van der Waals surface area contributed by atoms with E-state index in [1.54, 1.807) is 0 Å². The summed E-state index contributed by atoms with van der Waals surface area (Å²) in [4.78, 5) is 19.1. The number of nitrogens with two attached hydrogens (primary N) is 1. The van der Waals surface area contributed by atoms with E-state index in [-0.39, 0.29) is 0 Å². The first-order chi connectivity index (χ1) is 15.8. The van der Waals surface area contributed by atoms with Gasteiger partial charge in [0.15, 0.2) is 5.82 Å². The lowest BCUT2D eigenvalue weighted by Gasteiger charge is -2.29. The number of aryl methyl sites for hydroxylation is 3. The smallest absolute Gasteiger partial charge is 0.254 e. The molecule has 1 saturated heterocycles. The number of carbonyl (C=O) groups is 1. The quantitative estimate of drug-likeness (QED) is 0.435. The van der Waals surface area contributed by atoms with Crippen LogP contribution in [0.4, 0.5) is 11.6 Å². The Balaban J connectivity index is 1.51. The van der Waals surface area contributed by atoms with Gasteiger partial charge in [-0.2, -0.15) is 5.10 Å². The van der Waals surface area contributed by atoms with Crippen LogP contribution >= 0.6 is 0 Å². The molecule has 9 nitrogen and oxygen atoms in total. The molecular formula is C24H30N6O3. The number of anilines is 2. The minimum absolute atomic E-state index is 0.294. The summed E-state index contributed by atoms with van der Waals surface area (Å²) in [5.74, 6) is 1.12. The van der Waals surface area contributed by atoms with E-state index >= 15 is 0 Å². The van der Waals surface area contributed by atoms with Crippen LogP contribution in [0.2, 0.25) is 0 Å². The zero-order valence-corrected chi connectivity index (χ0v) is 19.2. The van der Waals surface area contributed by atoms with Crippen LogP contribution in [0.5, 0.6) is 5.75 Å². The molecule has 4 rings (SSSR count). The molecule has 0 radical (unpaired) electrons. The molecular weight excluding hydrogens is 420 g/mol. The number of phenols is 1. The number of nitrogens with one attached hydrogen (secondary N) is 2. The number of aromatic nitrogens is 3. The van der Waals surface area contributed by atoms with Gasteiger partial charge < -0.3 is 25.8 Å². The Bertz CT molecular complexity index is 1140. The van der Waals surface area contributed by atoms with Crippen LogP contribution in [-0.2, 0) is 17.7 Å². The van der Waals surface area contributed by atoms with Gasteiger partial charge in [-0.1, -0.05) is 18.2 Å². The fraction of sp³-hybridized carbons (Fsp3) is 0.375.